The normalized spacial score (nSPS) is 21.7. The highest BCUT2D eigenvalue weighted by Crippen LogP contribution is 2.59. The molecule has 0 N–H and O–H groups in total. The van der Waals surface area contributed by atoms with Gasteiger partial charge >= 0.3 is 0 Å². The van der Waals surface area contributed by atoms with Crippen molar-refractivity contribution < 1.29 is 0 Å². The molecule has 0 saturated heterocycles. The summed E-state index contributed by atoms with van der Waals surface area (Å²) in [5, 5.41) is 5.24. The van der Waals surface area contributed by atoms with Crippen LogP contribution in [-0.2, 0) is 5.41 Å². The van der Waals surface area contributed by atoms with Crippen LogP contribution in [0.2, 0.25) is 0 Å². The Morgan fingerprint density at radius 2 is 1.04 bits per heavy atom. The van der Waals surface area contributed by atoms with Crippen molar-refractivity contribution in [3.05, 3.63) is 169 Å². The zero-order valence-electron chi connectivity index (χ0n) is 31.6. The van der Waals surface area contributed by atoms with Crippen LogP contribution in [-0.4, -0.2) is 4.57 Å². The maximum atomic E-state index is 2.50. The fourth-order valence-electron chi connectivity index (χ4n) is 11.7. The van der Waals surface area contributed by atoms with Gasteiger partial charge in [0.15, 0.2) is 0 Å². The summed E-state index contributed by atoms with van der Waals surface area (Å²) < 4.78 is 5.11. The minimum absolute atomic E-state index is 0.373. The Balaban J connectivity index is 0.965. The van der Waals surface area contributed by atoms with Crippen molar-refractivity contribution in [3.8, 4) is 16.8 Å². The van der Waals surface area contributed by atoms with E-state index in [1.54, 1.807) is 5.56 Å². The summed E-state index contributed by atoms with van der Waals surface area (Å²) >= 11 is 1.89. The van der Waals surface area contributed by atoms with Crippen molar-refractivity contribution in [3.63, 3.8) is 0 Å². The molecule has 7 aromatic carbocycles. The number of hydrogen-bond donors (Lipinski definition) is 0. The van der Waals surface area contributed by atoms with Crippen LogP contribution in [0.5, 0.6) is 0 Å². The highest BCUT2D eigenvalue weighted by molar-refractivity contribution is 7.25. The number of aromatic nitrogens is 1. The molecule has 0 aliphatic heterocycles. The molecule has 0 amide bonds. The molecular weight excluding hydrogens is 697 g/mol. The third kappa shape index (κ3) is 5.13. The topological polar surface area (TPSA) is 8.17 Å². The number of nitrogens with zero attached hydrogens (tertiary/aromatic N) is 2. The monoisotopic (exact) mass is 740 g/mol. The molecular formula is C53H44N2S. The molecule has 0 radical (unpaired) electrons. The summed E-state index contributed by atoms with van der Waals surface area (Å²) in [4.78, 5) is 2.47. The minimum atomic E-state index is 0.373. The first-order valence-corrected chi connectivity index (χ1v) is 21.5. The van der Waals surface area contributed by atoms with Gasteiger partial charge in [-0.25, -0.2) is 0 Å². The molecule has 9 aromatic rings. The molecule has 13 rings (SSSR count). The van der Waals surface area contributed by atoms with E-state index in [1.807, 2.05) is 11.3 Å². The highest BCUT2D eigenvalue weighted by atomic mass is 32.1. The lowest BCUT2D eigenvalue weighted by Crippen LogP contribution is -2.40. The van der Waals surface area contributed by atoms with E-state index in [4.69, 9.17) is 0 Å². The predicted molar refractivity (Wildman–Crippen MR) is 238 cm³/mol. The van der Waals surface area contributed by atoms with Crippen LogP contribution in [0.1, 0.15) is 50.5 Å². The zero-order valence-corrected chi connectivity index (χ0v) is 32.4. The quantitative estimate of drug-likeness (QED) is 0.165. The number of anilines is 3. The Bertz CT molecular complexity index is 2860. The van der Waals surface area contributed by atoms with Gasteiger partial charge < -0.3 is 9.47 Å². The second-order valence-corrected chi connectivity index (χ2v) is 18.2. The van der Waals surface area contributed by atoms with Gasteiger partial charge in [0.1, 0.15) is 0 Å². The predicted octanol–water partition coefficient (Wildman–Crippen LogP) is 15.1. The molecule has 272 valence electrons. The van der Waals surface area contributed by atoms with E-state index in [0.717, 1.165) is 17.8 Å². The molecule has 2 aromatic heterocycles. The molecule has 4 aliphatic rings. The third-order valence-electron chi connectivity index (χ3n) is 13.9. The lowest BCUT2D eigenvalue weighted by molar-refractivity contribution is 0.0984. The summed E-state index contributed by atoms with van der Waals surface area (Å²) in [5.41, 5.74) is 11.6. The van der Waals surface area contributed by atoms with Crippen molar-refractivity contribution in [2.75, 3.05) is 4.90 Å². The van der Waals surface area contributed by atoms with Gasteiger partial charge in [0, 0.05) is 53.6 Å². The van der Waals surface area contributed by atoms with Gasteiger partial charge in [-0.2, -0.15) is 0 Å². The van der Waals surface area contributed by atoms with E-state index in [9.17, 15) is 0 Å². The van der Waals surface area contributed by atoms with Crippen molar-refractivity contribution in [2.24, 2.45) is 17.8 Å². The molecule has 3 heteroatoms. The molecule has 4 bridgehead atoms. The Kier molecular flexibility index (Phi) is 7.39. The average molecular weight is 741 g/mol. The number of fused-ring (bicyclic) bond motifs is 7. The zero-order chi connectivity index (χ0) is 36.8. The average Bonchev–Trinajstić information content (AvgIpc) is 3.70. The maximum absolute atomic E-state index is 2.50. The summed E-state index contributed by atoms with van der Waals surface area (Å²) in [6, 6.07) is 61.4. The number of rotatable bonds is 6. The van der Waals surface area contributed by atoms with E-state index in [1.165, 1.54) is 121 Å². The molecule has 3 unspecified atom stereocenters. The van der Waals surface area contributed by atoms with Crippen molar-refractivity contribution in [2.45, 2.75) is 50.4 Å². The molecule has 4 saturated carbocycles. The molecule has 2 heterocycles. The third-order valence-corrected chi connectivity index (χ3v) is 15.0. The van der Waals surface area contributed by atoms with E-state index < -0.39 is 0 Å². The molecule has 2 nitrogen and oxygen atoms in total. The number of hydrogen-bond acceptors (Lipinski definition) is 2. The first kappa shape index (κ1) is 32.6. The van der Waals surface area contributed by atoms with Gasteiger partial charge in [-0.15, -0.1) is 11.3 Å². The smallest absolute Gasteiger partial charge is 0.0541 e. The molecule has 56 heavy (non-hydrogen) atoms. The van der Waals surface area contributed by atoms with Crippen molar-refractivity contribution >= 4 is 70.4 Å². The lowest BCUT2D eigenvalue weighted by Gasteiger charge is -2.49. The Hall–Kier alpha value is -5.64. The number of para-hydroxylation sites is 3. The summed E-state index contributed by atoms with van der Waals surface area (Å²) in [7, 11) is 0. The van der Waals surface area contributed by atoms with Crippen LogP contribution < -0.4 is 4.90 Å². The second kappa shape index (κ2) is 12.7. The first-order chi connectivity index (χ1) is 27.7. The molecule has 4 fully saturated rings. The van der Waals surface area contributed by atoms with Crippen molar-refractivity contribution in [1.29, 1.82) is 0 Å². The van der Waals surface area contributed by atoms with E-state index in [0.29, 0.717) is 5.41 Å². The minimum Gasteiger partial charge on any atom is -0.310 e. The Labute approximate surface area is 332 Å². The van der Waals surface area contributed by atoms with Crippen LogP contribution in [0.15, 0.2) is 164 Å². The summed E-state index contributed by atoms with van der Waals surface area (Å²) in [6.45, 7) is 0. The largest absolute Gasteiger partial charge is 0.310 e. The first-order valence-electron chi connectivity index (χ1n) is 20.7. The summed E-state index contributed by atoms with van der Waals surface area (Å²) in [5.74, 6) is 2.77. The number of benzene rings is 7. The van der Waals surface area contributed by atoms with Gasteiger partial charge in [0.25, 0.3) is 0 Å². The lowest BCUT2D eigenvalue weighted by atomic mass is 9.56. The SMILES string of the molecule is c1ccc(-n2c3ccccc3c3ccccc32)c(-c2ccc(N(c3ccc(C45CC6CC[C@H](CC(C6)C4)C5)cc3)c3ccc4c(c3)sc3ccccc34)cc2)c1. The fourth-order valence-corrected chi connectivity index (χ4v) is 12.8. The van der Waals surface area contributed by atoms with Gasteiger partial charge in [-0.1, -0.05) is 116 Å². The standard InChI is InChI=1S/C53H44N2S/c1-5-13-48(55-49-14-6-2-10-44(49)45-11-3-7-15-50(45)55)43(9-1)38-19-23-40(24-20-38)54(42-27-28-47-46-12-4-8-16-51(46)56-52(47)31-42)41-25-21-39(22-26-41)53-32-35-17-18-36(33-53)30-37(29-35)34-53/h1-16,19-28,31,35-37H,17-18,29-30,32-34H2/t35-,36?,37?,53?/m1/s1. The van der Waals surface area contributed by atoms with Crippen LogP contribution in [0.3, 0.4) is 0 Å². The molecule has 4 atom stereocenters. The molecule has 0 spiro atoms. The van der Waals surface area contributed by atoms with Crippen LogP contribution in [0.4, 0.5) is 17.1 Å². The summed E-state index contributed by atoms with van der Waals surface area (Å²) in [6.07, 6.45) is 10.0. The van der Waals surface area contributed by atoms with Gasteiger partial charge in [-0.05, 0) is 127 Å². The maximum Gasteiger partial charge on any atom is 0.0541 e. The Morgan fingerprint density at radius 3 is 1.75 bits per heavy atom. The van der Waals surface area contributed by atoms with E-state index in [2.05, 4.69) is 173 Å². The van der Waals surface area contributed by atoms with Gasteiger partial charge in [0.05, 0.1) is 16.7 Å². The van der Waals surface area contributed by atoms with Crippen molar-refractivity contribution in [1.82, 2.24) is 4.57 Å². The molecule has 4 aliphatic carbocycles. The van der Waals surface area contributed by atoms with Crippen LogP contribution >= 0.6 is 11.3 Å². The van der Waals surface area contributed by atoms with Crippen LogP contribution in [0, 0.1) is 17.8 Å². The van der Waals surface area contributed by atoms with Crippen LogP contribution in [0.25, 0.3) is 58.8 Å². The second-order valence-electron chi connectivity index (χ2n) is 17.1. The van der Waals surface area contributed by atoms with E-state index in [-0.39, 0.29) is 0 Å². The van der Waals surface area contributed by atoms with E-state index >= 15 is 0 Å². The van der Waals surface area contributed by atoms with Gasteiger partial charge in [0.2, 0.25) is 0 Å². The van der Waals surface area contributed by atoms with Gasteiger partial charge in [-0.3, -0.25) is 0 Å². The highest BCUT2D eigenvalue weighted by Gasteiger charge is 2.49. The Morgan fingerprint density at radius 1 is 0.482 bits per heavy atom. The number of thiophene rings is 1. The fraction of sp³-hybridized carbons (Fsp3) is 0.208.